The maximum Gasteiger partial charge on any atom is 0.359 e. The minimum absolute atomic E-state index is 0.158. The van der Waals surface area contributed by atoms with E-state index >= 15 is 0 Å². The molecule has 6 nitrogen and oxygen atoms in total. The quantitative estimate of drug-likeness (QED) is 0.845. The Morgan fingerprint density at radius 2 is 2.08 bits per heavy atom. The number of esters is 1. The molecule has 2 aromatic rings. The third kappa shape index (κ3) is 3.42. The fraction of sp³-hybridized carbons (Fsp3) is 0.500. The Hall–Kier alpha value is -2.37. The van der Waals surface area contributed by atoms with Gasteiger partial charge in [0.25, 0.3) is 5.91 Å². The second-order valence-corrected chi connectivity index (χ2v) is 6.64. The average Bonchev–Trinajstić information content (AvgIpc) is 3.01. The molecular formula is C18H23N3O3. The van der Waals surface area contributed by atoms with E-state index in [2.05, 4.69) is 29.4 Å². The number of aromatic amines is 1. The fourth-order valence-electron chi connectivity index (χ4n) is 3.35. The Kier molecular flexibility index (Phi) is 4.83. The highest BCUT2D eigenvalue weighted by Gasteiger charge is 2.28. The molecule has 1 fully saturated rings. The lowest BCUT2D eigenvalue weighted by Gasteiger charge is -2.34. The van der Waals surface area contributed by atoms with Crippen molar-refractivity contribution in [2.24, 2.45) is 11.8 Å². The molecule has 1 amide bonds. The lowest BCUT2D eigenvalue weighted by Crippen LogP contribution is -2.45. The third-order valence-corrected chi connectivity index (χ3v) is 5.05. The number of benzene rings is 1. The maximum absolute atomic E-state index is 12.1. The molecule has 1 aromatic heterocycles. The van der Waals surface area contributed by atoms with E-state index in [4.69, 9.17) is 4.74 Å². The molecule has 6 heteroatoms. The molecule has 24 heavy (non-hydrogen) atoms. The normalized spacial score (nSPS) is 23.8. The Bertz CT molecular complexity index is 740. The van der Waals surface area contributed by atoms with Gasteiger partial charge in [0.15, 0.2) is 12.3 Å². The molecule has 1 heterocycles. The van der Waals surface area contributed by atoms with Crippen molar-refractivity contribution in [1.29, 1.82) is 0 Å². The van der Waals surface area contributed by atoms with Crippen LogP contribution in [0.15, 0.2) is 24.3 Å². The van der Waals surface area contributed by atoms with Crippen LogP contribution in [-0.2, 0) is 9.53 Å². The van der Waals surface area contributed by atoms with Gasteiger partial charge in [0.2, 0.25) is 0 Å². The molecule has 0 bridgehead atoms. The number of nitrogens with one attached hydrogen (secondary N) is 2. The summed E-state index contributed by atoms with van der Waals surface area (Å²) in [7, 11) is 0. The molecule has 0 aliphatic heterocycles. The van der Waals surface area contributed by atoms with Crippen LogP contribution in [-0.4, -0.2) is 34.7 Å². The second-order valence-electron chi connectivity index (χ2n) is 6.64. The summed E-state index contributed by atoms with van der Waals surface area (Å²) in [5, 5.41) is 10.4. The Morgan fingerprint density at radius 3 is 2.92 bits per heavy atom. The number of rotatable bonds is 4. The highest BCUT2D eigenvalue weighted by molar-refractivity contribution is 6.02. The van der Waals surface area contributed by atoms with Crippen LogP contribution in [0.2, 0.25) is 0 Å². The number of carbonyl (C=O) groups excluding carboxylic acids is 2. The number of H-pyrrole nitrogens is 1. The van der Waals surface area contributed by atoms with Crippen molar-refractivity contribution in [3.05, 3.63) is 30.0 Å². The van der Waals surface area contributed by atoms with E-state index in [0.29, 0.717) is 17.2 Å². The van der Waals surface area contributed by atoms with Crippen LogP contribution in [0.3, 0.4) is 0 Å². The lowest BCUT2D eigenvalue weighted by atomic mass is 9.78. The first-order chi connectivity index (χ1) is 11.6. The molecular weight excluding hydrogens is 306 g/mol. The van der Waals surface area contributed by atoms with Crippen molar-refractivity contribution in [3.63, 3.8) is 0 Å². The van der Waals surface area contributed by atoms with Crippen molar-refractivity contribution in [2.75, 3.05) is 6.61 Å². The third-order valence-electron chi connectivity index (χ3n) is 5.05. The molecule has 0 radical (unpaired) electrons. The van der Waals surface area contributed by atoms with Crippen LogP contribution >= 0.6 is 0 Å². The van der Waals surface area contributed by atoms with Gasteiger partial charge in [0.1, 0.15) is 0 Å². The van der Waals surface area contributed by atoms with Gasteiger partial charge in [-0.25, -0.2) is 4.79 Å². The molecule has 0 spiro atoms. The van der Waals surface area contributed by atoms with Gasteiger partial charge in [-0.1, -0.05) is 44.9 Å². The van der Waals surface area contributed by atoms with Crippen LogP contribution in [0.1, 0.15) is 43.6 Å². The summed E-state index contributed by atoms with van der Waals surface area (Å²) in [4.78, 5) is 24.2. The van der Waals surface area contributed by atoms with Crippen LogP contribution in [0.25, 0.3) is 10.9 Å². The van der Waals surface area contributed by atoms with E-state index in [1.165, 1.54) is 6.42 Å². The minimum atomic E-state index is -0.590. The highest BCUT2D eigenvalue weighted by Crippen LogP contribution is 2.29. The zero-order valence-corrected chi connectivity index (χ0v) is 14.0. The average molecular weight is 329 g/mol. The number of nitrogens with zero attached hydrogens (tertiary/aromatic N) is 1. The number of amides is 1. The first-order valence-electron chi connectivity index (χ1n) is 8.46. The summed E-state index contributed by atoms with van der Waals surface area (Å²) in [5.41, 5.74) is 0.969. The van der Waals surface area contributed by atoms with Gasteiger partial charge in [0.05, 0.1) is 5.52 Å². The molecule has 1 aliphatic carbocycles. The summed E-state index contributed by atoms with van der Waals surface area (Å²) in [5.74, 6) is 0.192. The molecule has 128 valence electrons. The van der Waals surface area contributed by atoms with Gasteiger partial charge in [0, 0.05) is 11.4 Å². The highest BCUT2D eigenvalue weighted by atomic mass is 16.5. The number of fused-ring (bicyclic) bond motifs is 1. The molecule has 1 aromatic carbocycles. The number of hydrogen-bond acceptors (Lipinski definition) is 4. The largest absolute Gasteiger partial charge is 0.451 e. The van der Waals surface area contributed by atoms with E-state index in [-0.39, 0.29) is 24.2 Å². The van der Waals surface area contributed by atoms with Gasteiger partial charge in [-0.05, 0) is 24.3 Å². The predicted octanol–water partition coefficient (Wildman–Crippen LogP) is 2.66. The van der Waals surface area contributed by atoms with E-state index < -0.39 is 5.97 Å². The van der Waals surface area contributed by atoms with Crippen molar-refractivity contribution in [1.82, 2.24) is 15.5 Å². The van der Waals surface area contributed by atoms with E-state index in [9.17, 15) is 9.59 Å². The standard InChI is InChI=1S/C18H23N3O3/c1-11-6-5-9-14(12(11)2)19-16(22)10-24-18(23)17-13-7-3-4-8-15(13)20-21-17/h3-4,7-8,11-12,14H,5-6,9-10H2,1-2H3,(H,19,22)(H,20,21)/t11-,12-,14+/m1/s1. The van der Waals surface area contributed by atoms with E-state index in [0.717, 1.165) is 18.4 Å². The summed E-state index contributed by atoms with van der Waals surface area (Å²) in [6.45, 7) is 4.10. The number of carbonyl (C=O) groups is 2. The van der Waals surface area contributed by atoms with E-state index in [1.54, 1.807) is 6.07 Å². The van der Waals surface area contributed by atoms with Gasteiger partial charge >= 0.3 is 5.97 Å². The number of hydrogen-bond donors (Lipinski definition) is 2. The monoisotopic (exact) mass is 329 g/mol. The summed E-state index contributed by atoms with van der Waals surface area (Å²) < 4.78 is 5.13. The van der Waals surface area contributed by atoms with Gasteiger partial charge in [-0.15, -0.1) is 0 Å². The number of para-hydroxylation sites is 1. The SMILES string of the molecule is C[C@@H]1[C@H](C)CCC[C@@H]1NC(=O)COC(=O)c1n[nH]c2ccccc12. The predicted molar refractivity (Wildman–Crippen MR) is 90.5 cm³/mol. The van der Waals surface area contributed by atoms with E-state index in [1.807, 2.05) is 18.2 Å². The van der Waals surface area contributed by atoms with Gasteiger partial charge in [-0.3, -0.25) is 9.89 Å². The fourth-order valence-corrected chi connectivity index (χ4v) is 3.35. The Labute approximate surface area is 141 Å². The Morgan fingerprint density at radius 1 is 1.29 bits per heavy atom. The van der Waals surface area contributed by atoms with Crippen LogP contribution in [0.5, 0.6) is 0 Å². The van der Waals surface area contributed by atoms with Crippen LogP contribution in [0.4, 0.5) is 0 Å². The zero-order chi connectivity index (χ0) is 17.1. The molecule has 0 unspecified atom stereocenters. The molecule has 0 saturated heterocycles. The lowest BCUT2D eigenvalue weighted by molar-refractivity contribution is -0.125. The van der Waals surface area contributed by atoms with Crippen molar-refractivity contribution in [2.45, 2.75) is 39.2 Å². The minimum Gasteiger partial charge on any atom is -0.451 e. The number of ether oxygens (including phenoxy) is 1. The molecule has 3 rings (SSSR count). The summed E-state index contributed by atoms with van der Waals surface area (Å²) >= 11 is 0. The smallest absolute Gasteiger partial charge is 0.359 e. The first kappa shape index (κ1) is 16.5. The molecule has 2 N–H and O–H groups in total. The number of aromatic nitrogens is 2. The molecule has 3 atom stereocenters. The van der Waals surface area contributed by atoms with Gasteiger partial charge in [-0.2, -0.15) is 5.10 Å². The Balaban J connectivity index is 1.55. The van der Waals surface area contributed by atoms with Crippen molar-refractivity contribution < 1.29 is 14.3 Å². The summed E-state index contributed by atoms with van der Waals surface area (Å²) in [6.07, 6.45) is 3.31. The van der Waals surface area contributed by atoms with Crippen LogP contribution < -0.4 is 5.32 Å². The summed E-state index contributed by atoms with van der Waals surface area (Å²) in [6, 6.07) is 7.46. The van der Waals surface area contributed by atoms with Crippen molar-refractivity contribution in [3.8, 4) is 0 Å². The molecule has 1 saturated carbocycles. The van der Waals surface area contributed by atoms with Crippen LogP contribution in [0, 0.1) is 11.8 Å². The van der Waals surface area contributed by atoms with Crippen molar-refractivity contribution >= 4 is 22.8 Å². The maximum atomic E-state index is 12.1. The zero-order valence-electron chi connectivity index (χ0n) is 14.0. The second kappa shape index (κ2) is 7.03. The van der Waals surface area contributed by atoms with Gasteiger partial charge < -0.3 is 10.1 Å². The first-order valence-corrected chi connectivity index (χ1v) is 8.46. The topological polar surface area (TPSA) is 84.1 Å². The molecule has 1 aliphatic rings.